The number of aryl methyl sites for hydroxylation is 2. The van der Waals surface area contributed by atoms with E-state index < -0.39 is 0 Å². The second-order valence-corrected chi connectivity index (χ2v) is 5.65. The minimum atomic E-state index is -0.340. The van der Waals surface area contributed by atoms with Gasteiger partial charge in [0, 0.05) is 12.5 Å². The van der Waals surface area contributed by atoms with Crippen LogP contribution in [0, 0.1) is 19.7 Å². The third-order valence-electron chi connectivity index (χ3n) is 3.73. The van der Waals surface area contributed by atoms with Crippen molar-refractivity contribution in [2.45, 2.75) is 40.7 Å². The zero-order chi connectivity index (χ0) is 18.4. The van der Waals surface area contributed by atoms with Crippen molar-refractivity contribution in [3.8, 4) is 17.2 Å². The first kappa shape index (κ1) is 18.8. The lowest BCUT2D eigenvalue weighted by Crippen LogP contribution is -2.10. The number of rotatable bonds is 7. The van der Waals surface area contributed by atoms with E-state index in [2.05, 4.69) is 0 Å². The third kappa shape index (κ3) is 4.72. The summed E-state index contributed by atoms with van der Waals surface area (Å²) in [5.41, 5.74) is 2.02. The first-order valence-electron chi connectivity index (χ1n) is 8.31. The van der Waals surface area contributed by atoms with Gasteiger partial charge in [0.2, 0.25) is 0 Å². The highest BCUT2D eigenvalue weighted by atomic mass is 19.1. The number of hydrogen-bond acceptors (Lipinski definition) is 4. The Balaban J connectivity index is 2.30. The quantitative estimate of drug-likeness (QED) is 0.537. The molecule has 0 aliphatic carbocycles. The van der Waals surface area contributed by atoms with E-state index in [4.69, 9.17) is 14.2 Å². The van der Waals surface area contributed by atoms with E-state index >= 15 is 0 Å². The van der Waals surface area contributed by atoms with Gasteiger partial charge < -0.3 is 14.2 Å². The van der Waals surface area contributed by atoms with Crippen molar-refractivity contribution in [1.29, 1.82) is 0 Å². The van der Waals surface area contributed by atoms with Crippen LogP contribution in [0.5, 0.6) is 17.2 Å². The Morgan fingerprint density at radius 3 is 2.40 bits per heavy atom. The van der Waals surface area contributed by atoms with Crippen LogP contribution in [0.1, 0.15) is 37.0 Å². The zero-order valence-electron chi connectivity index (χ0n) is 15.0. The molecule has 0 amide bonds. The Morgan fingerprint density at radius 2 is 1.72 bits per heavy atom. The minimum Gasteiger partial charge on any atom is -0.493 e. The highest BCUT2D eigenvalue weighted by Crippen LogP contribution is 2.31. The molecule has 0 heterocycles. The van der Waals surface area contributed by atoms with E-state index in [0.717, 1.165) is 5.56 Å². The smallest absolute Gasteiger partial charge is 0.310 e. The van der Waals surface area contributed by atoms with Crippen LogP contribution in [0.15, 0.2) is 30.3 Å². The molecule has 2 aromatic rings. The van der Waals surface area contributed by atoms with Gasteiger partial charge in [-0.2, -0.15) is 0 Å². The summed E-state index contributed by atoms with van der Waals surface area (Å²) in [6.07, 6.45) is 0.265. The molecule has 25 heavy (non-hydrogen) atoms. The molecule has 0 fully saturated rings. The van der Waals surface area contributed by atoms with Crippen molar-refractivity contribution in [3.63, 3.8) is 0 Å². The third-order valence-corrected chi connectivity index (χ3v) is 3.73. The number of halogens is 1. The molecule has 0 atom stereocenters. The maximum atomic E-state index is 13.8. The summed E-state index contributed by atoms with van der Waals surface area (Å²) in [7, 11) is 0. The number of benzene rings is 2. The molecule has 0 saturated heterocycles. The highest BCUT2D eigenvalue weighted by Gasteiger charge is 2.15. The van der Waals surface area contributed by atoms with Gasteiger partial charge in [0.05, 0.1) is 12.2 Å². The van der Waals surface area contributed by atoms with E-state index in [1.807, 2.05) is 13.8 Å². The normalized spacial score (nSPS) is 10.4. The van der Waals surface area contributed by atoms with Gasteiger partial charge in [-0.1, -0.05) is 13.0 Å². The van der Waals surface area contributed by atoms with Crippen LogP contribution < -0.4 is 14.2 Å². The first-order valence-corrected chi connectivity index (χ1v) is 8.31. The molecule has 0 aliphatic rings. The molecule has 0 bridgehead atoms. The summed E-state index contributed by atoms with van der Waals surface area (Å²) in [6, 6.07) is 8.33. The SMILES string of the molecule is CCOc1cccc(OC(=O)CC)c1COc1cc(F)c(C)cc1C. The summed E-state index contributed by atoms with van der Waals surface area (Å²) in [5.74, 6) is 0.753. The first-order chi connectivity index (χ1) is 12.0. The highest BCUT2D eigenvalue weighted by molar-refractivity contribution is 5.72. The van der Waals surface area contributed by atoms with E-state index in [1.54, 1.807) is 38.1 Å². The predicted octanol–water partition coefficient (Wildman–Crippen LogP) is 4.74. The molecule has 134 valence electrons. The molecule has 0 aliphatic heterocycles. The molecule has 0 radical (unpaired) electrons. The average molecular weight is 346 g/mol. The second kappa shape index (κ2) is 8.51. The molecule has 0 aromatic heterocycles. The van der Waals surface area contributed by atoms with Gasteiger partial charge in [0.25, 0.3) is 0 Å². The summed E-state index contributed by atoms with van der Waals surface area (Å²) >= 11 is 0. The molecule has 2 rings (SSSR count). The van der Waals surface area contributed by atoms with Crippen molar-refractivity contribution in [2.24, 2.45) is 0 Å². The van der Waals surface area contributed by atoms with Crippen molar-refractivity contribution >= 4 is 5.97 Å². The maximum Gasteiger partial charge on any atom is 0.310 e. The topological polar surface area (TPSA) is 44.8 Å². The molecular weight excluding hydrogens is 323 g/mol. The molecule has 0 saturated carbocycles. The monoisotopic (exact) mass is 346 g/mol. The lowest BCUT2D eigenvalue weighted by Gasteiger charge is -2.16. The van der Waals surface area contributed by atoms with Crippen LogP contribution in [0.3, 0.4) is 0 Å². The second-order valence-electron chi connectivity index (χ2n) is 5.65. The Kier molecular flexibility index (Phi) is 6.39. The van der Waals surface area contributed by atoms with Crippen LogP contribution in [-0.4, -0.2) is 12.6 Å². The van der Waals surface area contributed by atoms with Gasteiger partial charge in [-0.05, 0) is 50.1 Å². The Morgan fingerprint density at radius 1 is 1.00 bits per heavy atom. The van der Waals surface area contributed by atoms with E-state index in [-0.39, 0.29) is 24.8 Å². The fourth-order valence-corrected chi connectivity index (χ4v) is 2.38. The van der Waals surface area contributed by atoms with Crippen LogP contribution >= 0.6 is 0 Å². The number of hydrogen-bond donors (Lipinski definition) is 0. The molecule has 0 N–H and O–H groups in total. The predicted molar refractivity (Wildman–Crippen MR) is 93.7 cm³/mol. The van der Waals surface area contributed by atoms with Gasteiger partial charge in [0.15, 0.2) is 0 Å². The number of ether oxygens (including phenoxy) is 3. The van der Waals surface area contributed by atoms with Gasteiger partial charge >= 0.3 is 5.97 Å². The van der Waals surface area contributed by atoms with Gasteiger partial charge in [-0.15, -0.1) is 0 Å². The molecule has 0 spiro atoms. The van der Waals surface area contributed by atoms with Gasteiger partial charge in [-0.25, -0.2) is 4.39 Å². The van der Waals surface area contributed by atoms with Crippen molar-refractivity contribution < 1.29 is 23.4 Å². The summed E-state index contributed by atoms with van der Waals surface area (Å²) in [5, 5.41) is 0. The molecule has 2 aromatic carbocycles. The molecular formula is C20H23FO4. The number of carbonyl (C=O) groups excluding carboxylic acids is 1. The van der Waals surface area contributed by atoms with E-state index in [0.29, 0.717) is 35.0 Å². The number of esters is 1. The largest absolute Gasteiger partial charge is 0.493 e. The zero-order valence-corrected chi connectivity index (χ0v) is 15.0. The standard InChI is InChI=1S/C20H23FO4/c1-5-20(22)25-18-9-7-8-17(23-6-2)15(18)12-24-19-11-16(21)13(3)10-14(19)4/h7-11H,5-6,12H2,1-4H3. The Hall–Kier alpha value is -2.56. The summed E-state index contributed by atoms with van der Waals surface area (Å²) < 4.78 is 30.6. The van der Waals surface area contributed by atoms with Crippen molar-refractivity contribution in [1.82, 2.24) is 0 Å². The van der Waals surface area contributed by atoms with Crippen LogP contribution in [0.25, 0.3) is 0 Å². The molecule has 5 heteroatoms. The Labute approximate surface area is 147 Å². The van der Waals surface area contributed by atoms with E-state index in [9.17, 15) is 9.18 Å². The molecule has 4 nitrogen and oxygen atoms in total. The summed E-state index contributed by atoms with van der Waals surface area (Å²) in [4.78, 5) is 11.7. The van der Waals surface area contributed by atoms with Crippen molar-refractivity contribution in [2.75, 3.05) is 6.61 Å². The lowest BCUT2D eigenvalue weighted by atomic mass is 10.1. The Bertz CT molecular complexity index is 756. The fraction of sp³-hybridized carbons (Fsp3) is 0.350. The summed E-state index contributed by atoms with van der Waals surface area (Å²) in [6.45, 7) is 7.73. The van der Waals surface area contributed by atoms with E-state index in [1.165, 1.54) is 6.07 Å². The molecule has 0 unspecified atom stereocenters. The van der Waals surface area contributed by atoms with Crippen molar-refractivity contribution in [3.05, 3.63) is 52.8 Å². The number of carbonyl (C=O) groups is 1. The minimum absolute atomic E-state index is 0.103. The van der Waals surface area contributed by atoms with Gasteiger partial charge in [-0.3, -0.25) is 4.79 Å². The maximum absolute atomic E-state index is 13.8. The van der Waals surface area contributed by atoms with Crippen LogP contribution in [-0.2, 0) is 11.4 Å². The van der Waals surface area contributed by atoms with Gasteiger partial charge in [0.1, 0.15) is 29.7 Å². The average Bonchev–Trinajstić information content (AvgIpc) is 2.58. The van der Waals surface area contributed by atoms with Crippen LogP contribution in [0.2, 0.25) is 0 Å². The van der Waals surface area contributed by atoms with Crippen LogP contribution in [0.4, 0.5) is 4.39 Å². The fourth-order valence-electron chi connectivity index (χ4n) is 2.38. The lowest BCUT2D eigenvalue weighted by molar-refractivity contribution is -0.134.